The molecule has 10 aromatic carbocycles. The van der Waals surface area contributed by atoms with Gasteiger partial charge in [-0.1, -0.05) is 0 Å². The molecule has 0 aliphatic carbocycles. The Kier molecular flexibility index (Phi) is 20.1. The molecule has 11 rings (SSSR count). The van der Waals surface area contributed by atoms with Crippen molar-refractivity contribution < 1.29 is 39.4 Å². The smallest absolute Gasteiger partial charge is 1.00 e. The van der Waals surface area contributed by atoms with Gasteiger partial charge in [0.25, 0.3) is 0 Å². The van der Waals surface area contributed by atoms with Crippen LogP contribution in [0.3, 0.4) is 0 Å². The van der Waals surface area contributed by atoms with Crippen LogP contribution in [0.15, 0.2) is 279 Å². The zero-order valence-corrected chi connectivity index (χ0v) is 49.0. The van der Waals surface area contributed by atoms with Crippen molar-refractivity contribution in [3.05, 3.63) is 357 Å². The molecule has 386 valence electrons. The number of hydrogen-bond donors (Lipinski definition) is 0. The summed E-state index contributed by atoms with van der Waals surface area (Å²) in [5.74, 6) is -0.296. The summed E-state index contributed by atoms with van der Waals surface area (Å²) in [4.78, 5) is 0. The molecule has 0 bridgehead atoms. The molecule has 1 aromatic heterocycles. The molecule has 0 aliphatic heterocycles. The van der Waals surface area contributed by atoms with Crippen molar-refractivity contribution >= 4 is 43.9 Å². The molecule has 0 saturated heterocycles. The summed E-state index contributed by atoms with van der Waals surface area (Å²) < 4.78 is 5.89. The number of benzene rings is 10. The van der Waals surface area contributed by atoms with Gasteiger partial charge in [-0.2, -0.15) is 0 Å². The van der Waals surface area contributed by atoms with Crippen LogP contribution in [0.2, 0.25) is 0 Å². The third kappa shape index (κ3) is 12.6. The van der Waals surface area contributed by atoms with Gasteiger partial charge in [0.15, 0.2) is 0 Å². The van der Waals surface area contributed by atoms with E-state index in [1.807, 2.05) is 0 Å². The fraction of sp³-hybridized carbons (Fsp3) is 0.100. The molecule has 0 spiro atoms. The van der Waals surface area contributed by atoms with Crippen LogP contribution in [0.4, 0.5) is 0 Å². The first-order chi connectivity index (χ1) is 36.9. The van der Waals surface area contributed by atoms with Crippen LogP contribution in [0.1, 0.15) is 102 Å². The molecule has 0 N–H and O–H groups in total. The summed E-state index contributed by atoms with van der Waals surface area (Å²) in [7, 11) is 0. The number of nitrogens with zero attached hydrogens (tertiary/aromatic N) is 2. The zero-order valence-electron chi connectivity index (χ0n) is 42.8. The maximum atomic E-state index is 4.76. The number of hydrogen-bond acceptors (Lipinski definition) is 0. The van der Waals surface area contributed by atoms with Gasteiger partial charge < -0.3 is 12.4 Å². The van der Waals surface area contributed by atoms with Gasteiger partial charge in [-0.05, 0) is 0 Å². The van der Waals surface area contributed by atoms with Crippen LogP contribution < -0.4 is 21.7 Å². The number of alkyl halides is 2. The summed E-state index contributed by atoms with van der Waals surface area (Å²) in [6, 6.07) is 98.1. The summed E-state index contributed by atoms with van der Waals surface area (Å²) in [5, 5.41) is 0.194. The fourth-order valence-corrected chi connectivity index (χ4v) is 11.8. The van der Waals surface area contributed by atoms with Crippen LogP contribution >= 0.6 is 23.2 Å². The first-order valence-corrected chi connectivity index (χ1v) is 27.5. The Bertz CT molecular complexity index is 2970. The van der Waals surface area contributed by atoms with Crippen molar-refractivity contribution in [3.8, 4) is 11.4 Å². The Balaban J connectivity index is 0.00000153. The fourth-order valence-electron chi connectivity index (χ4n) is 11.2. The Morgan fingerprint density at radius 3 is 0.818 bits per heavy atom. The van der Waals surface area contributed by atoms with Gasteiger partial charge >= 0.3 is 458 Å². The number of imidazole rings is 1. The van der Waals surface area contributed by atoms with Gasteiger partial charge in [0.05, 0.1) is 5.34 Å². The monoisotopic (exact) mass is 1310 g/mol. The van der Waals surface area contributed by atoms with Gasteiger partial charge in [-0.15, -0.1) is 23.2 Å². The van der Waals surface area contributed by atoms with E-state index in [9.17, 15) is 0 Å². The Hall–Kier alpha value is -6.46. The number of halogens is 3. The predicted octanol–water partition coefficient (Wildman–Crippen LogP) is 13.3. The Morgan fingerprint density at radius 2 is 0.584 bits per heavy atom. The number of aromatic nitrogens is 2. The third-order valence-electron chi connectivity index (χ3n) is 14.2. The van der Waals surface area contributed by atoms with Gasteiger partial charge in [-0.25, -0.2) is 0 Å². The minimum Gasteiger partial charge on any atom is -1.00 e. The minimum atomic E-state index is -0.0740. The first-order valence-electron chi connectivity index (χ1n) is 25.5. The summed E-state index contributed by atoms with van der Waals surface area (Å²) in [5.41, 5.74) is 19.6. The van der Waals surface area contributed by atoms with Gasteiger partial charge in [-0.3, -0.25) is 0 Å². The van der Waals surface area contributed by atoms with E-state index in [0.717, 1.165) is 16.1 Å². The van der Waals surface area contributed by atoms with Crippen molar-refractivity contribution in [3.63, 3.8) is 0 Å². The van der Waals surface area contributed by atoms with Crippen molar-refractivity contribution in [1.82, 2.24) is 4.57 Å². The molecular weight excluding hydrogens is 1250 g/mol. The molecule has 1 heterocycles. The molecule has 0 unspecified atom stereocenters. The number of aryl methyl sites for hydroxylation is 2. The topological polar surface area (TPSA) is 8.81 Å². The summed E-state index contributed by atoms with van der Waals surface area (Å²) in [6.07, 6.45) is 4.61. The Labute approximate surface area is 495 Å². The van der Waals surface area contributed by atoms with Crippen LogP contribution in [0.25, 0.3) is 11.4 Å². The third-order valence-corrected chi connectivity index (χ3v) is 15.0. The summed E-state index contributed by atoms with van der Waals surface area (Å²) in [6.45, 7) is 4.52. The number of rotatable bonds is 14. The maximum Gasteiger partial charge on any atom is 1.00 e. The largest absolute Gasteiger partial charge is 1.00 e. The molecular formula is C70H58AuCl3N2Se. The van der Waals surface area contributed by atoms with E-state index in [1.54, 1.807) is 0 Å². The molecule has 0 atom stereocenters. The van der Waals surface area contributed by atoms with E-state index in [0.29, 0.717) is 0 Å². The molecule has 7 heteroatoms. The van der Waals surface area contributed by atoms with Crippen LogP contribution in [0.5, 0.6) is 0 Å². The van der Waals surface area contributed by atoms with Gasteiger partial charge in [0, 0.05) is 0 Å². The molecule has 2 nitrogen and oxygen atoms in total. The van der Waals surface area contributed by atoms with Crippen LogP contribution in [-0.2, 0) is 22.4 Å². The van der Waals surface area contributed by atoms with E-state index in [-0.39, 0.29) is 63.8 Å². The van der Waals surface area contributed by atoms with Crippen molar-refractivity contribution in [2.24, 2.45) is 0 Å². The molecule has 0 radical (unpaired) electrons. The normalized spacial score (nSPS) is 11.0. The molecule has 11 aromatic rings. The second-order valence-electron chi connectivity index (χ2n) is 19.0. The van der Waals surface area contributed by atoms with E-state index < -0.39 is 0 Å². The average molecular weight is 1310 g/mol. The predicted molar refractivity (Wildman–Crippen MR) is 314 cm³/mol. The van der Waals surface area contributed by atoms with Crippen LogP contribution in [-0.4, -0.2) is 25.9 Å². The van der Waals surface area contributed by atoms with E-state index in [1.165, 1.54) is 77.9 Å². The molecule has 0 saturated carbocycles. The second kappa shape index (κ2) is 27.2. The van der Waals surface area contributed by atoms with E-state index in [4.69, 9.17) is 23.2 Å². The van der Waals surface area contributed by atoms with Crippen LogP contribution in [0, 0.1) is 13.8 Å². The van der Waals surface area contributed by atoms with E-state index >= 15 is 0 Å². The van der Waals surface area contributed by atoms with Crippen molar-refractivity contribution in [1.29, 1.82) is 0 Å². The zero-order chi connectivity index (χ0) is 51.5. The minimum absolute atomic E-state index is 0. The standard InChI is InChI=1S/C69H56N2Se.CH2Cl2.Au.ClH/c1-49-45-59(63(51-27-11-3-12-28-51)52-29-13-4-14-30-52)67(60(46-49)64(53-31-15-5-16-32-53)54-33-17-6-18-34-54)70-43-44-71(69(70)72)68-61(65(55-35-19-7-20-36-55)56-37-21-8-22-38-56)47-50(2)48-62(68)66(57-39-23-9-24-40-57)58-41-25-10-26-42-58;2-1-3;;/h3-48,63-66H,1-2H3;1H2;;1H/q;;+1;/p-1. The Morgan fingerprint density at radius 1 is 0.377 bits per heavy atom. The van der Waals surface area contributed by atoms with Crippen molar-refractivity contribution in [2.75, 3.05) is 5.34 Å². The van der Waals surface area contributed by atoms with Gasteiger partial charge in [0.2, 0.25) is 0 Å². The molecule has 0 amide bonds. The molecule has 77 heavy (non-hydrogen) atoms. The average Bonchev–Trinajstić information content (AvgIpc) is 3.83. The second-order valence-corrected chi connectivity index (χ2v) is 20.6. The van der Waals surface area contributed by atoms with Crippen molar-refractivity contribution in [2.45, 2.75) is 37.5 Å². The molecule has 0 aliphatic rings. The quantitative estimate of drug-likeness (QED) is 0.0444. The van der Waals surface area contributed by atoms with Gasteiger partial charge in [0.1, 0.15) is 0 Å². The first kappa shape index (κ1) is 56.7. The maximum absolute atomic E-state index is 4.76. The van der Waals surface area contributed by atoms with E-state index in [2.05, 4.69) is 318 Å². The SMILES string of the molecule is Cc1cc(C(c2ccccc2)c2ccccc2)c(-n2cc[n+](-c3c(C(c4ccccc4)c4ccccc4)cc(C)cc3C(c3ccccc3)c3ccccc3)c2[Se-])c(C(c2ccccc2)c2ccccc2)c1.ClCCl.[Au+].[Cl-]. The molecule has 0 fully saturated rings. The summed E-state index contributed by atoms with van der Waals surface area (Å²) >= 11 is 13.3.